The summed E-state index contributed by atoms with van der Waals surface area (Å²) < 4.78 is 17.8. The molecule has 3 N–H and O–H groups in total. The highest BCUT2D eigenvalue weighted by Gasteiger charge is 2.08. The molecule has 2 rings (SSSR count). The molecule has 27 heavy (non-hydrogen) atoms. The topological polar surface area (TPSA) is 96.5 Å². The predicted octanol–water partition coefficient (Wildman–Crippen LogP) is 1.48. The Bertz CT molecular complexity index is 766. The molecular weight excluding hydrogens is 353 g/mol. The lowest BCUT2D eigenvalue weighted by atomic mass is 10.2. The van der Waals surface area contributed by atoms with Gasteiger partial charge in [-0.1, -0.05) is 42.5 Å². The molecule has 0 spiro atoms. The number of hydrogen-bond acceptors (Lipinski definition) is 4. The first-order valence-electron chi connectivity index (χ1n) is 8.25. The number of esters is 1. The van der Waals surface area contributed by atoms with Crippen LogP contribution in [0.4, 0.5) is 9.18 Å². The van der Waals surface area contributed by atoms with Crippen molar-refractivity contribution in [3.8, 4) is 0 Å². The van der Waals surface area contributed by atoms with Gasteiger partial charge in [0.15, 0.2) is 0 Å². The smallest absolute Gasteiger partial charge is 0.325 e. The van der Waals surface area contributed by atoms with Crippen molar-refractivity contribution < 1.29 is 23.5 Å². The third-order valence-electron chi connectivity index (χ3n) is 3.45. The average molecular weight is 373 g/mol. The first-order valence-corrected chi connectivity index (χ1v) is 8.25. The molecule has 142 valence electrons. The molecule has 0 heterocycles. The van der Waals surface area contributed by atoms with Gasteiger partial charge in [-0.05, 0) is 23.3 Å². The van der Waals surface area contributed by atoms with Gasteiger partial charge in [-0.25, -0.2) is 9.18 Å². The second-order valence-electron chi connectivity index (χ2n) is 5.59. The quantitative estimate of drug-likeness (QED) is 0.611. The zero-order chi connectivity index (χ0) is 19.5. The van der Waals surface area contributed by atoms with Gasteiger partial charge in [0.05, 0.1) is 6.54 Å². The third kappa shape index (κ3) is 8.00. The fourth-order valence-corrected chi connectivity index (χ4v) is 2.03. The monoisotopic (exact) mass is 373 g/mol. The first-order chi connectivity index (χ1) is 13.0. The minimum Gasteiger partial charge on any atom is -0.460 e. The summed E-state index contributed by atoms with van der Waals surface area (Å²) in [5, 5.41) is 7.25. The van der Waals surface area contributed by atoms with Crippen LogP contribution in [0.1, 0.15) is 11.1 Å². The highest BCUT2D eigenvalue weighted by molar-refractivity contribution is 5.86. The minimum absolute atomic E-state index is 0.125. The van der Waals surface area contributed by atoms with E-state index in [2.05, 4.69) is 16.0 Å². The molecule has 0 bridgehead atoms. The van der Waals surface area contributed by atoms with Crippen molar-refractivity contribution in [1.82, 2.24) is 16.0 Å². The molecule has 0 unspecified atom stereocenters. The number of benzene rings is 2. The highest BCUT2D eigenvalue weighted by Crippen LogP contribution is 2.02. The number of urea groups is 1. The number of carbonyl (C=O) groups is 3. The summed E-state index contributed by atoms with van der Waals surface area (Å²) in [4.78, 5) is 34.8. The van der Waals surface area contributed by atoms with Crippen LogP contribution < -0.4 is 16.0 Å². The zero-order valence-electron chi connectivity index (χ0n) is 14.5. The molecule has 0 atom stereocenters. The second kappa shape index (κ2) is 10.5. The summed E-state index contributed by atoms with van der Waals surface area (Å²) in [7, 11) is 0. The fourth-order valence-electron chi connectivity index (χ4n) is 2.03. The standard InChI is InChI=1S/C19H20FN3O4/c20-16-8-6-14(7-9-16)10-22-19(26)23-11-17(24)21-12-18(25)27-13-15-4-2-1-3-5-15/h1-9H,10-13H2,(H,21,24)(H2,22,23,26). The van der Waals surface area contributed by atoms with Crippen LogP contribution in [-0.2, 0) is 27.5 Å². The van der Waals surface area contributed by atoms with Crippen LogP contribution >= 0.6 is 0 Å². The predicted molar refractivity (Wildman–Crippen MR) is 95.9 cm³/mol. The van der Waals surface area contributed by atoms with E-state index in [1.165, 1.54) is 12.1 Å². The normalized spacial score (nSPS) is 9.96. The molecule has 0 saturated heterocycles. The molecule has 8 heteroatoms. The van der Waals surface area contributed by atoms with Gasteiger partial charge in [0, 0.05) is 6.54 Å². The molecule has 0 aliphatic heterocycles. The molecule has 0 aliphatic rings. The number of ether oxygens (including phenoxy) is 1. The largest absolute Gasteiger partial charge is 0.460 e. The van der Waals surface area contributed by atoms with Gasteiger partial charge in [-0.3, -0.25) is 9.59 Å². The number of rotatable bonds is 8. The van der Waals surface area contributed by atoms with Crippen molar-refractivity contribution in [2.75, 3.05) is 13.1 Å². The molecule has 0 aromatic heterocycles. The van der Waals surface area contributed by atoms with Crippen molar-refractivity contribution in [2.24, 2.45) is 0 Å². The van der Waals surface area contributed by atoms with E-state index in [-0.39, 0.29) is 32.1 Å². The van der Waals surface area contributed by atoms with E-state index < -0.39 is 17.9 Å². The van der Waals surface area contributed by atoms with Gasteiger partial charge in [0.1, 0.15) is 19.0 Å². The van der Waals surface area contributed by atoms with E-state index >= 15 is 0 Å². The van der Waals surface area contributed by atoms with Crippen LogP contribution in [-0.4, -0.2) is 31.0 Å². The van der Waals surface area contributed by atoms with Crippen LogP contribution in [0.2, 0.25) is 0 Å². The molecule has 0 radical (unpaired) electrons. The van der Waals surface area contributed by atoms with Crippen molar-refractivity contribution in [2.45, 2.75) is 13.2 Å². The van der Waals surface area contributed by atoms with E-state index in [0.29, 0.717) is 0 Å². The fraction of sp³-hybridized carbons (Fsp3) is 0.211. The van der Waals surface area contributed by atoms with Crippen molar-refractivity contribution in [3.05, 3.63) is 71.5 Å². The molecule has 0 aliphatic carbocycles. The maximum absolute atomic E-state index is 12.8. The van der Waals surface area contributed by atoms with Crippen LogP contribution in [0.25, 0.3) is 0 Å². The Hall–Kier alpha value is -3.42. The molecule has 2 aromatic carbocycles. The summed E-state index contributed by atoms with van der Waals surface area (Å²) in [6.07, 6.45) is 0. The van der Waals surface area contributed by atoms with Crippen LogP contribution in [0.3, 0.4) is 0 Å². The molecule has 2 aromatic rings. The van der Waals surface area contributed by atoms with E-state index in [1.807, 2.05) is 30.3 Å². The number of carbonyl (C=O) groups excluding carboxylic acids is 3. The second-order valence-corrected chi connectivity index (χ2v) is 5.59. The highest BCUT2D eigenvalue weighted by atomic mass is 19.1. The Kier molecular flexibility index (Phi) is 7.77. The SMILES string of the molecule is O=C(CNC(=O)NCc1ccc(F)cc1)NCC(=O)OCc1ccccc1. The number of nitrogens with one attached hydrogen (secondary N) is 3. The Labute approximate surface area is 155 Å². The summed E-state index contributed by atoms with van der Waals surface area (Å²) in [6.45, 7) is -0.259. The minimum atomic E-state index is -0.576. The van der Waals surface area contributed by atoms with E-state index in [4.69, 9.17) is 4.74 Å². The lowest BCUT2D eigenvalue weighted by Crippen LogP contribution is -2.43. The lowest BCUT2D eigenvalue weighted by molar-refractivity contribution is -0.145. The van der Waals surface area contributed by atoms with Crippen molar-refractivity contribution in [3.63, 3.8) is 0 Å². The van der Waals surface area contributed by atoms with Gasteiger partial charge in [0.2, 0.25) is 5.91 Å². The molecule has 3 amide bonds. The lowest BCUT2D eigenvalue weighted by Gasteiger charge is -2.09. The third-order valence-corrected chi connectivity index (χ3v) is 3.45. The summed E-state index contributed by atoms with van der Waals surface area (Å²) in [6, 6.07) is 14.3. The number of hydrogen-bond donors (Lipinski definition) is 3. The average Bonchev–Trinajstić information content (AvgIpc) is 2.69. The van der Waals surface area contributed by atoms with Crippen molar-refractivity contribution >= 4 is 17.9 Å². The van der Waals surface area contributed by atoms with Gasteiger partial charge < -0.3 is 20.7 Å². The Morgan fingerprint density at radius 3 is 2.22 bits per heavy atom. The Morgan fingerprint density at radius 2 is 1.52 bits per heavy atom. The van der Waals surface area contributed by atoms with Gasteiger partial charge in [-0.15, -0.1) is 0 Å². The first kappa shape index (κ1) is 19.9. The molecular formula is C19H20FN3O4. The molecule has 7 nitrogen and oxygen atoms in total. The maximum Gasteiger partial charge on any atom is 0.325 e. The van der Waals surface area contributed by atoms with Gasteiger partial charge >= 0.3 is 12.0 Å². The summed E-state index contributed by atoms with van der Waals surface area (Å²) >= 11 is 0. The van der Waals surface area contributed by atoms with E-state index in [9.17, 15) is 18.8 Å². The van der Waals surface area contributed by atoms with Crippen molar-refractivity contribution in [1.29, 1.82) is 0 Å². The zero-order valence-corrected chi connectivity index (χ0v) is 14.5. The van der Waals surface area contributed by atoms with E-state index in [1.54, 1.807) is 12.1 Å². The van der Waals surface area contributed by atoms with Crippen LogP contribution in [0.5, 0.6) is 0 Å². The molecule has 0 fully saturated rings. The number of halogens is 1. The van der Waals surface area contributed by atoms with E-state index in [0.717, 1.165) is 11.1 Å². The molecule has 0 saturated carbocycles. The van der Waals surface area contributed by atoms with Crippen LogP contribution in [0.15, 0.2) is 54.6 Å². The maximum atomic E-state index is 12.8. The Morgan fingerprint density at radius 1 is 0.815 bits per heavy atom. The number of amides is 3. The van der Waals surface area contributed by atoms with Gasteiger partial charge in [-0.2, -0.15) is 0 Å². The summed E-state index contributed by atoms with van der Waals surface area (Å²) in [5.41, 5.74) is 1.56. The Balaban J connectivity index is 1.57. The van der Waals surface area contributed by atoms with Crippen LogP contribution in [0, 0.1) is 5.82 Å². The van der Waals surface area contributed by atoms with Gasteiger partial charge in [0.25, 0.3) is 0 Å². The summed E-state index contributed by atoms with van der Waals surface area (Å²) in [5.74, 6) is -1.46.